The van der Waals surface area contributed by atoms with Crippen LogP contribution in [0.2, 0.25) is 0 Å². The molecule has 27 heavy (non-hydrogen) atoms. The first-order valence-electron chi connectivity index (χ1n) is 9.06. The van der Waals surface area contributed by atoms with Crippen molar-refractivity contribution in [2.45, 2.75) is 25.3 Å². The normalized spacial score (nSPS) is 16.1. The van der Waals surface area contributed by atoms with Gasteiger partial charge in [0.25, 0.3) is 10.0 Å². The van der Waals surface area contributed by atoms with Crippen molar-refractivity contribution < 1.29 is 13.2 Å². The minimum atomic E-state index is -3.75. The maximum Gasteiger partial charge on any atom is 0.269 e. The lowest BCUT2D eigenvalue weighted by atomic mass is 10.1. The van der Waals surface area contributed by atoms with Gasteiger partial charge in [-0.15, -0.1) is 0 Å². The molecule has 4 rings (SSSR count). The molecular weight excluding hydrogens is 362 g/mol. The predicted molar refractivity (Wildman–Crippen MR) is 104 cm³/mol. The fourth-order valence-electron chi connectivity index (χ4n) is 3.36. The van der Waals surface area contributed by atoms with E-state index in [9.17, 15) is 8.42 Å². The van der Waals surface area contributed by atoms with Gasteiger partial charge in [0.1, 0.15) is 5.82 Å². The Hall–Kier alpha value is -2.22. The molecule has 2 aromatic carbocycles. The van der Waals surface area contributed by atoms with E-state index in [1.165, 1.54) is 3.97 Å². The molecule has 0 aliphatic carbocycles. The summed E-state index contributed by atoms with van der Waals surface area (Å²) in [6, 6.07) is 12.6. The Bertz CT molecular complexity index is 1080. The predicted octanol–water partition coefficient (Wildman–Crippen LogP) is 2.72. The molecule has 0 unspecified atom stereocenters. The van der Waals surface area contributed by atoms with Gasteiger partial charge in [0, 0.05) is 13.1 Å². The van der Waals surface area contributed by atoms with Crippen molar-refractivity contribution in [2.24, 2.45) is 0 Å². The number of aromatic nitrogens is 2. The Morgan fingerprint density at radius 3 is 2.52 bits per heavy atom. The molecule has 3 aromatic rings. The number of nitrogens with zero attached hydrogens (tertiary/aromatic N) is 3. The van der Waals surface area contributed by atoms with Crippen molar-refractivity contribution in [3.8, 4) is 0 Å². The molecule has 0 saturated carbocycles. The Morgan fingerprint density at radius 2 is 1.78 bits per heavy atom. The van der Waals surface area contributed by atoms with E-state index >= 15 is 0 Å². The van der Waals surface area contributed by atoms with Gasteiger partial charge in [0.15, 0.2) is 0 Å². The highest BCUT2D eigenvalue weighted by atomic mass is 32.2. The maximum absolute atomic E-state index is 13.5. The SMILES string of the molecule is Cc1ccc(S(=O)(=O)n2c(CN3CCOCC3)nc3ccccc32)cc1C. The molecule has 0 atom stereocenters. The van der Waals surface area contributed by atoms with E-state index in [0.717, 1.165) is 24.2 Å². The highest BCUT2D eigenvalue weighted by Crippen LogP contribution is 2.25. The van der Waals surface area contributed by atoms with Gasteiger partial charge < -0.3 is 4.74 Å². The largest absolute Gasteiger partial charge is 0.379 e. The average molecular weight is 385 g/mol. The zero-order chi connectivity index (χ0) is 19.0. The molecule has 0 amide bonds. The van der Waals surface area contributed by atoms with Crippen molar-refractivity contribution in [1.82, 2.24) is 13.9 Å². The van der Waals surface area contributed by atoms with E-state index in [4.69, 9.17) is 4.74 Å². The third-order valence-corrected chi connectivity index (χ3v) is 6.81. The minimum Gasteiger partial charge on any atom is -0.379 e. The second-order valence-corrected chi connectivity index (χ2v) is 8.71. The Balaban J connectivity index is 1.85. The van der Waals surface area contributed by atoms with Crippen molar-refractivity contribution in [3.05, 3.63) is 59.4 Å². The molecule has 142 valence electrons. The molecule has 1 aliphatic heterocycles. The maximum atomic E-state index is 13.5. The fourth-order valence-corrected chi connectivity index (χ4v) is 4.93. The van der Waals surface area contributed by atoms with E-state index in [1.807, 2.05) is 44.2 Å². The number of benzene rings is 2. The van der Waals surface area contributed by atoms with E-state index in [2.05, 4.69) is 9.88 Å². The molecule has 1 aliphatic rings. The van der Waals surface area contributed by atoms with Crippen LogP contribution in [-0.4, -0.2) is 48.6 Å². The number of fused-ring (bicyclic) bond motifs is 1. The zero-order valence-corrected chi connectivity index (χ0v) is 16.4. The number of para-hydroxylation sites is 2. The summed E-state index contributed by atoms with van der Waals surface area (Å²) in [5.74, 6) is 0.538. The molecule has 0 spiro atoms. The number of aryl methyl sites for hydroxylation is 2. The monoisotopic (exact) mass is 385 g/mol. The summed E-state index contributed by atoms with van der Waals surface area (Å²) in [6.45, 7) is 7.23. The first kappa shape index (κ1) is 18.2. The van der Waals surface area contributed by atoms with Crippen LogP contribution in [0.4, 0.5) is 0 Å². The Labute approximate surface area is 159 Å². The second kappa shape index (κ2) is 7.07. The lowest BCUT2D eigenvalue weighted by molar-refractivity contribution is 0.0330. The summed E-state index contributed by atoms with van der Waals surface area (Å²) in [5.41, 5.74) is 3.32. The van der Waals surface area contributed by atoms with Gasteiger partial charge in [-0.05, 0) is 49.2 Å². The van der Waals surface area contributed by atoms with E-state index < -0.39 is 10.0 Å². The van der Waals surface area contributed by atoms with Crippen LogP contribution in [0.1, 0.15) is 17.0 Å². The molecule has 7 heteroatoms. The molecule has 0 bridgehead atoms. The number of morpholine rings is 1. The summed E-state index contributed by atoms with van der Waals surface area (Å²) in [7, 11) is -3.75. The Kier molecular flexibility index (Phi) is 4.75. The highest BCUT2D eigenvalue weighted by Gasteiger charge is 2.26. The average Bonchev–Trinajstić information content (AvgIpc) is 3.03. The lowest BCUT2D eigenvalue weighted by Gasteiger charge is -2.26. The Morgan fingerprint density at radius 1 is 1.04 bits per heavy atom. The number of hydrogen-bond acceptors (Lipinski definition) is 5. The molecule has 0 N–H and O–H groups in total. The summed E-state index contributed by atoms with van der Waals surface area (Å²) in [4.78, 5) is 7.11. The van der Waals surface area contributed by atoms with Crippen molar-refractivity contribution in [3.63, 3.8) is 0 Å². The number of rotatable bonds is 4. The van der Waals surface area contributed by atoms with Crippen LogP contribution in [0.5, 0.6) is 0 Å². The molecule has 0 radical (unpaired) electrons. The molecule has 1 fully saturated rings. The summed E-state index contributed by atoms with van der Waals surface area (Å²) < 4.78 is 33.8. The van der Waals surface area contributed by atoms with E-state index in [1.54, 1.807) is 12.1 Å². The van der Waals surface area contributed by atoms with Gasteiger partial charge in [0.2, 0.25) is 0 Å². The third kappa shape index (κ3) is 3.38. The van der Waals surface area contributed by atoms with Gasteiger partial charge >= 0.3 is 0 Å². The van der Waals surface area contributed by atoms with E-state index in [-0.39, 0.29) is 4.90 Å². The quantitative estimate of drug-likeness (QED) is 0.691. The van der Waals surface area contributed by atoms with Crippen molar-refractivity contribution in [2.75, 3.05) is 26.3 Å². The molecule has 6 nitrogen and oxygen atoms in total. The molecular formula is C20H23N3O3S. The van der Waals surface area contributed by atoms with Crippen LogP contribution in [-0.2, 0) is 21.3 Å². The van der Waals surface area contributed by atoms with Gasteiger partial charge in [0.05, 0.1) is 35.7 Å². The van der Waals surface area contributed by atoms with Crippen LogP contribution in [0.25, 0.3) is 11.0 Å². The van der Waals surface area contributed by atoms with Crippen molar-refractivity contribution in [1.29, 1.82) is 0 Å². The minimum absolute atomic E-state index is 0.289. The first-order valence-corrected chi connectivity index (χ1v) is 10.5. The van der Waals surface area contributed by atoms with Crippen LogP contribution in [0.3, 0.4) is 0 Å². The number of hydrogen-bond donors (Lipinski definition) is 0. The van der Waals surface area contributed by atoms with Gasteiger partial charge in [-0.1, -0.05) is 18.2 Å². The van der Waals surface area contributed by atoms with Crippen LogP contribution in [0, 0.1) is 13.8 Å². The second-order valence-electron chi connectivity index (χ2n) is 6.92. The lowest BCUT2D eigenvalue weighted by Crippen LogP contribution is -2.36. The van der Waals surface area contributed by atoms with Gasteiger partial charge in [-0.3, -0.25) is 4.90 Å². The van der Waals surface area contributed by atoms with Crippen LogP contribution < -0.4 is 0 Å². The smallest absolute Gasteiger partial charge is 0.269 e. The highest BCUT2D eigenvalue weighted by molar-refractivity contribution is 7.90. The van der Waals surface area contributed by atoms with Crippen LogP contribution in [0.15, 0.2) is 47.4 Å². The molecule has 1 aromatic heterocycles. The molecule has 2 heterocycles. The number of ether oxygens (including phenoxy) is 1. The van der Waals surface area contributed by atoms with E-state index in [0.29, 0.717) is 36.6 Å². The number of imidazole rings is 1. The topological polar surface area (TPSA) is 64.4 Å². The fraction of sp³-hybridized carbons (Fsp3) is 0.350. The van der Waals surface area contributed by atoms with Gasteiger partial charge in [-0.25, -0.2) is 17.4 Å². The zero-order valence-electron chi connectivity index (χ0n) is 15.6. The third-order valence-electron chi connectivity index (χ3n) is 5.07. The summed E-state index contributed by atoms with van der Waals surface area (Å²) >= 11 is 0. The summed E-state index contributed by atoms with van der Waals surface area (Å²) in [5, 5.41) is 0. The van der Waals surface area contributed by atoms with Crippen LogP contribution >= 0.6 is 0 Å². The van der Waals surface area contributed by atoms with Crippen molar-refractivity contribution >= 4 is 21.1 Å². The van der Waals surface area contributed by atoms with Gasteiger partial charge in [-0.2, -0.15) is 0 Å². The standard InChI is InChI=1S/C20H23N3O3S/c1-15-7-8-17(13-16(15)2)27(24,25)23-19-6-4-3-5-18(19)21-20(23)14-22-9-11-26-12-10-22/h3-8,13H,9-12,14H2,1-2H3. The molecule has 1 saturated heterocycles. The summed E-state index contributed by atoms with van der Waals surface area (Å²) in [6.07, 6.45) is 0. The first-order chi connectivity index (χ1) is 13.0.